The fraction of sp³-hybridized carbons (Fsp3) is 0.625. The van der Waals surface area contributed by atoms with Gasteiger partial charge in [0, 0.05) is 31.4 Å². The third-order valence-electron chi connectivity index (χ3n) is 4.12. The Morgan fingerprint density at radius 3 is 2.68 bits per heavy atom. The van der Waals surface area contributed by atoms with Crippen LogP contribution in [0.3, 0.4) is 0 Å². The monoisotopic (exact) mass is 264 g/mol. The van der Waals surface area contributed by atoms with Crippen molar-refractivity contribution >= 4 is 5.69 Å². The number of anilines is 1. The summed E-state index contributed by atoms with van der Waals surface area (Å²) in [5.74, 6) is 0.659. The molecule has 0 unspecified atom stereocenters. The van der Waals surface area contributed by atoms with Crippen molar-refractivity contribution in [1.82, 2.24) is 5.32 Å². The highest BCUT2D eigenvalue weighted by Crippen LogP contribution is 2.28. The minimum Gasteiger partial charge on any atom is -0.374 e. The van der Waals surface area contributed by atoms with Crippen molar-refractivity contribution in [2.75, 3.05) is 25.5 Å². The van der Waals surface area contributed by atoms with Crippen molar-refractivity contribution in [3.8, 4) is 0 Å². The minimum absolute atomic E-state index is 0.109. The van der Waals surface area contributed by atoms with Crippen LogP contribution in [0.4, 0.5) is 10.1 Å². The molecule has 0 bridgehead atoms. The summed E-state index contributed by atoms with van der Waals surface area (Å²) < 4.78 is 13.9. The van der Waals surface area contributed by atoms with Gasteiger partial charge in [0.05, 0.1) is 0 Å². The van der Waals surface area contributed by atoms with Crippen molar-refractivity contribution < 1.29 is 4.39 Å². The van der Waals surface area contributed by atoms with E-state index in [-0.39, 0.29) is 5.82 Å². The summed E-state index contributed by atoms with van der Waals surface area (Å²) in [6.45, 7) is 1.62. The molecule has 0 saturated heterocycles. The Bertz CT molecular complexity index is 400. The van der Waals surface area contributed by atoms with Crippen LogP contribution in [0.5, 0.6) is 0 Å². The van der Waals surface area contributed by atoms with Gasteiger partial charge in [-0.1, -0.05) is 25.3 Å². The van der Waals surface area contributed by atoms with E-state index in [1.807, 2.05) is 13.1 Å². The maximum absolute atomic E-state index is 13.9. The van der Waals surface area contributed by atoms with E-state index >= 15 is 0 Å². The Balaban J connectivity index is 2.08. The van der Waals surface area contributed by atoms with Crippen LogP contribution in [-0.2, 0) is 6.54 Å². The highest BCUT2D eigenvalue weighted by molar-refractivity contribution is 5.53. The number of nitrogens with zero attached hydrogens (tertiary/aromatic N) is 1. The zero-order valence-corrected chi connectivity index (χ0v) is 12.1. The SMILES string of the molecule is CNCc1c(F)cccc1N(C)CC1CCCCC1. The molecule has 2 rings (SSSR count). The number of halogens is 1. The van der Waals surface area contributed by atoms with E-state index < -0.39 is 0 Å². The average Bonchev–Trinajstić information content (AvgIpc) is 2.42. The molecule has 106 valence electrons. The number of hydrogen-bond acceptors (Lipinski definition) is 2. The molecule has 0 aromatic heterocycles. The molecule has 3 heteroatoms. The maximum atomic E-state index is 13.9. The zero-order valence-electron chi connectivity index (χ0n) is 12.1. The van der Waals surface area contributed by atoms with Crippen molar-refractivity contribution in [2.24, 2.45) is 5.92 Å². The Hall–Kier alpha value is -1.09. The first kappa shape index (κ1) is 14.3. The van der Waals surface area contributed by atoms with Gasteiger partial charge in [-0.05, 0) is 37.9 Å². The number of nitrogens with one attached hydrogen (secondary N) is 1. The molecule has 2 nitrogen and oxygen atoms in total. The highest BCUT2D eigenvalue weighted by atomic mass is 19.1. The predicted molar refractivity (Wildman–Crippen MR) is 79.0 cm³/mol. The lowest BCUT2D eigenvalue weighted by Gasteiger charge is -2.29. The molecule has 0 aliphatic heterocycles. The van der Waals surface area contributed by atoms with Crippen molar-refractivity contribution in [3.05, 3.63) is 29.6 Å². The van der Waals surface area contributed by atoms with E-state index in [4.69, 9.17) is 0 Å². The quantitative estimate of drug-likeness (QED) is 0.874. The van der Waals surface area contributed by atoms with Crippen molar-refractivity contribution in [3.63, 3.8) is 0 Å². The molecule has 1 aliphatic rings. The van der Waals surface area contributed by atoms with Gasteiger partial charge in [0.15, 0.2) is 0 Å². The number of rotatable bonds is 5. The topological polar surface area (TPSA) is 15.3 Å². The van der Waals surface area contributed by atoms with Crippen LogP contribution in [0.1, 0.15) is 37.7 Å². The second kappa shape index (κ2) is 6.90. The summed E-state index contributed by atoms with van der Waals surface area (Å²) in [6.07, 6.45) is 6.73. The van der Waals surface area contributed by atoms with E-state index in [0.717, 1.165) is 23.7 Å². The molecule has 1 aromatic rings. The van der Waals surface area contributed by atoms with Crippen LogP contribution in [0.15, 0.2) is 18.2 Å². The standard InChI is InChI=1S/C16H25FN2/c1-18-11-14-15(17)9-6-10-16(14)19(2)12-13-7-4-3-5-8-13/h6,9-10,13,18H,3-5,7-8,11-12H2,1-2H3. The Kier molecular flexibility index (Phi) is 5.20. The van der Waals surface area contributed by atoms with Crippen LogP contribution in [0, 0.1) is 11.7 Å². The normalized spacial score (nSPS) is 16.6. The van der Waals surface area contributed by atoms with Gasteiger partial charge in [-0.3, -0.25) is 0 Å². The molecular formula is C16H25FN2. The van der Waals surface area contributed by atoms with Crippen LogP contribution >= 0.6 is 0 Å². The van der Waals surface area contributed by atoms with Gasteiger partial charge >= 0.3 is 0 Å². The van der Waals surface area contributed by atoms with Gasteiger partial charge < -0.3 is 10.2 Å². The van der Waals surface area contributed by atoms with E-state index in [1.165, 1.54) is 32.1 Å². The Morgan fingerprint density at radius 1 is 1.26 bits per heavy atom. The third-order valence-corrected chi connectivity index (χ3v) is 4.12. The Morgan fingerprint density at radius 2 is 2.00 bits per heavy atom. The van der Waals surface area contributed by atoms with Crippen molar-refractivity contribution in [2.45, 2.75) is 38.6 Å². The maximum Gasteiger partial charge on any atom is 0.129 e. The van der Waals surface area contributed by atoms with Gasteiger partial charge in [-0.2, -0.15) is 0 Å². The zero-order chi connectivity index (χ0) is 13.7. The van der Waals surface area contributed by atoms with Gasteiger partial charge in [-0.15, -0.1) is 0 Å². The van der Waals surface area contributed by atoms with Crippen LogP contribution in [-0.4, -0.2) is 20.6 Å². The first-order valence-electron chi connectivity index (χ1n) is 7.35. The second-order valence-electron chi connectivity index (χ2n) is 5.65. The molecular weight excluding hydrogens is 239 g/mol. The Labute approximate surface area is 116 Å². The molecule has 1 N–H and O–H groups in total. The summed E-state index contributed by atoms with van der Waals surface area (Å²) in [7, 11) is 3.94. The van der Waals surface area contributed by atoms with Crippen molar-refractivity contribution in [1.29, 1.82) is 0 Å². The fourth-order valence-electron chi connectivity index (χ4n) is 3.11. The van der Waals surface area contributed by atoms with Crippen LogP contribution in [0.2, 0.25) is 0 Å². The predicted octanol–water partition coefficient (Wildman–Crippen LogP) is 3.56. The third kappa shape index (κ3) is 3.69. The first-order valence-corrected chi connectivity index (χ1v) is 7.35. The number of benzene rings is 1. The van der Waals surface area contributed by atoms with E-state index in [0.29, 0.717) is 6.54 Å². The average molecular weight is 264 g/mol. The summed E-state index contributed by atoms with van der Waals surface area (Å²) in [5.41, 5.74) is 1.81. The smallest absolute Gasteiger partial charge is 0.129 e. The summed E-state index contributed by atoms with van der Waals surface area (Å²) >= 11 is 0. The molecule has 0 amide bonds. The van der Waals surface area contributed by atoms with Gasteiger partial charge in [0.1, 0.15) is 5.82 Å². The van der Waals surface area contributed by atoms with Crippen LogP contribution in [0.25, 0.3) is 0 Å². The molecule has 1 aliphatic carbocycles. The molecule has 19 heavy (non-hydrogen) atoms. The van der Waals surface area contributed by atoms with Gasteiger partial charge in [0.2, 0.25) is 0 Å². The second-order valence-corrected chi connectivity index (χ2v) is 5.65. The minimum atomic E-state index is -0.109. The molecule has 1 saturated carbocycles. The molecule has 0 radical (unpaired) electrons. The number of hydrogen-bond donors (Lipinski definition) is 1. The largest absolute Gasteiger partial charge is 0.374 e. The van der Waals surface area contributed by atoms with Crippen LogP contribution < -0.4 is 10.2 Å². The molecule has 0 heterocycles. The van der Waals surface area contributed by atoms with E-state index in [1.54, 1.807) is 12.1 Å². The highest BCUT2D eigenvalue weighted by Gasteiger charge is 2.18. The van der Waals surface area contributed by atoms with Gasteiger partial charge in [0.25, 0.3) is 0 Å². The summed E-state index contributed by atoms with van der Waals surface area (Å²) in [4.78, 5) is 2.23. The van der Waals surface area contributed by atoms with Gasteiger partial charge in [-0.25, -0.2) is 4.39 Å². The van der Waals surface area contributed by atoms with E-state index in [2.05, 4.69) is 17.3 Å². The molecule has 1 fully saturated rings. The lowest BCUT2D eigenvalue weighted by Crippen LogP contribution is -2.28. The summed E-state index contributed by atoms with van der Waals surface area (Å²) in [6, 6.07) is 5.38. The lowest BCUT2D eigenvalue weighted by molar-refractivity contribution is 0.362. The fourth-order valence-corrected chi connectivity index (χ4v) is 3.11. The lowest BCUT2D eigenvalue weighted by atomic mass is 9.89. The molecule has 0 atom stereocenters. The van der Waals surface area contributed by atoms with E-state index in [9.17, 15) is 4.39 Å². The molecule has 1 aromatic carbocycles. The summed E-state index contributed by atoms with van der Waals surface area (Å²) in [5, 5.41) is 3.06. The first-order chi connectivity index (χ1) is 9.22. The molecule has 0 spiro atoms.